The largest absolute Gasteiger partial charge is 0.355 e. The zero-order valence-corrected chi connectivity index (χ0v) is 15.6. The summed E-state index contributed by atoms with van der Waals surface area (Å²) >= 11 is 6.02. The van der Waals surface area contributed by atoms with Gasteiger partial charge in [-0.25, -0.2) is 8.42 Å². The van der Waals surface area contributed by atoms with Crippen molar-refractivity contribution in [3.05, 3.63) is 29.3 Å². The van der Waals surface area contributed by atoms with Crippen molar-refractivity contribution in [1.29, 1.82) is 0 Å². The number of benzene rings is 1. The molecule has 1 aliphatic heterocycles. The third-order valence-electron chi connectivity index (χ3n) is 4.01. The van der Waals surface area contributed by atoms with Crippen LogP contribution in [0.5, 0.6) is 0 Å². The Morgan fingerprint density at radius 1 is 1.24 bits per heavy atom. The van der Waals surface area contributed by atoms with Gasteiger partial charge < -0.3 is 10.6 Å². The number of amides is 2. The molecule has 0 bridgehead atoms. The number of hydrogen-bond donors (Lipinski definition) is 2. The Morgan fingerprint density at radius 2 is 1.92 bits per heavy atom. The molecule has 1 aromatic rings. The van der Waals surface area contributed by atoms with Crippen LogP contribution in [0.15, 0.2) is 29.2 Å². The summed E-state index contributed by atoms with van der Waals surface area (Å²) < 4.78 is 26.9. The molecule has 1 heterocycles. The van der Waals surface area contributed by atoms with E-state index in [1.807, 2.05) is 0 Å². The van der Waals surface area contributed by atoms with Gasteiger partial charge in [0.25, 0.3) is 0 Å². The summed E-state index contributed by atoms with van der Waals surface area (Å²) in [4.78, 5) is 23.1. The first kappa shape index (κ1) is 19.7. The zero-order chi connectivity index (χ0) is 18.4. The normalized spacial score (nSPS) is 18.6. The molecular weight excluding hydrogens is 366 g/mol. The second kappa shape index (κ2) is 8.64. The summed E-state index contributed by atoms with van der Waals surface area (Å²) in [6, 6.07) is 6.29. The van der Waals surface area contributed by atoms with E-state index in [-0.39, 0.29) is 28.3 Å². The zero-order valence-electron chi connectivity index (χ0n) is 14.0. The molecule has 0 aromatic heterocycles. The summed E-state index contributed by atoms with van der Waals surface area (Å²) in [6.45, 7) is 2.55. The second-order valence-electron chi connectivity index (χ2n) is 5.91. The lowest BCUT2D eigenvalue weighted by Crippen LogP contribution is -2.46. The first-order valence-corrected chi connectivity index (χ1v) is 9.91. The highest BCUT2D eigenvalue weighted by molar-refractivity contribution is 7.89. The number of nitrogens with zero attached hydrogens (tertiary/aromatic N) is 1. The average molecular weight is 388 g/mol. The molecule has 1 unspecified atom stereocenters. The van der Waals surface area contributed by atoms with Gasteiger partial charge in [0.1, 0.15) is 4.90 Å². The molecule has 2 amide bonds. The number of sulfonamides is 1. The molecule has 1 atom stereocenters. The molecule has 9 heteroatoms. The van der Waals surface area contributed by atoms with E-state index in [1.54, 1.807) is 12.1 Å². The molecule has 7 nitrogen and oxygen atoms in total. The maximum absolute atomic E-state index is 12.8. The van der Waals surface area contributed by atoms with E-state index >= 15 is 0 Å². The number of nitrogens with one attached hydrogen (secondary N) is 2. The molecule has 0 saturated carbocycles. The first-order valence-electron chi connectivity index (χ1n) is 8.09. The highest BCUT2D eigenvalue weighted by atomic mass is 35.5. The molecular formula is C16H22ClN3O4S. The summed E-state index contributed by atoms with van der Waals surface area (Å²) in [5.41, 5.74) is 0. The maximum Gasteiger partial charge on any atom is 0.244 e. The molecule has 138 valence electrons. The van der Waals surface area contributed by atoms with E-state index in [0.717, 1.165) is 0 Å². The number of halogens is 1. The standard InChI is InChI=1S/C16H22ClN3O4S/c1-12(21)18-8-9-19-16(22)13-5-4-10-20(11-13)25(23,24)15-7-3-2-6-14(15)17/h2-3,6-7,13H,4-5,8-11H2,1H3,(H,18,21)(H,19,22). The lowest BCUT2D eigenvalue weighted by Gasteiger charge is -2.31. The fraction of sp³-hybridized carbons (Fsp3) is 0.500. The van der Waals surface area contributed by atoms with Gasteiger partial charge in [-0.15, -0.1) is 0 Å². The molecule has 0 spiro atoms. The Morgan fingerprint density at radius 3 is 2.60 bits per heavy atom. The van der Waals surface area contributed by atoms with Crippen molar-refractivity contribution in [2.24, 2.45) is 5.92 Å². The van der Waals surface area contributed by atoms with Crippen molar-refractivity contribution in [2.45, 2.75) is 24.7 Å². The van der Waals surface area contributed by atoms with Crippen LogP contribution in [0.25, 0.3) is 0 Å². The minimum Gasteiger partial charge on any atom is -0.355 e. The fourth-order valence-electron chi connectivity index (χ4n) is 2.74. The van der Waals surface area contributed by atoms with Gasteiger partial charge in [0.15, 0.2) is 0 Å². The smallest absolute Gasteiger partial charge is 0.244 e. The van der Waals surface area contributed by atoms with Crippen molar-refractivity contribution in [3.8, 4) is 0 Å². The number of piperidine rings is 1. The van der Waals surface area contributed by atoms with E-state index in [1.165, 1.54) is 23.4 Å². The molecule has 0 aliphatic carbocycles. The van der Waals surface area contributed by atoms with Gasteiger partial charge >= 0.3 is 0 Å². The van der Waals surface area contributed by atoms with E-state index < -0.39 is 15.9 Å². The monoisotopic (exact) mass is 387 g/mol. The fourth-order valence-corrected chi connectivity index (χ4v) is 4.75. The van der Waals surface area contributed by atoms with Crippen LogP contribution in [0.4, 0.5) is 0 Å². The maximum atomic E-state index is 12.8. The van der Waals surface area contributed by atoms with Gasteiger partial charge in [-0.05, 0) is 25.0 Å². The first-order chi connectivity index (χ1) is 11.8. The van der Waals surface area contributed by atoms with Crippen molar-refractivity contribution in [1.82, 2.24) is 14.9 Å². The van der Waals surface area contributed by atoms with Gasteiger partial charge in [0.2, 0.25) is 21.8 Å². The van der Waals surface area contributed by atoms with Crippen LogP contribution < -0.4 is 10.6 Å². The molecule has 1 saturated heterocycles. The van der Waals surface area contributed by atoms with E-state index in [2.05, 4.69) is 10.6 Å². The lowest BCUT2D eigenvalue weighted by atomic mass is 9.99. The van der Waals surface area contributed by atoms with Crippen LogP contribution in [0.2, 0.25) is 5.02 Å². The van der Waals surface area contributed by atoms with E-state index in [0.29, 0.717) is 32.5 Å². The Balaban J connectivity index is 1.99. The third kappa shape index (κ3) is 5.17. The molecule has 25 heavy (non-hydrogen) atoms. The van der Waals surface area contributed by atoms with Gasteiger partial charge in [-0.1, -0.05) is 23.7 Å². The predicted molar refractivity (Wildman–Crippen MR) is 94.6 cm³/mol. The molecule has 2 rings (SSSR count). The summed E-state index contributed by atoms with van der Waals surface area (Å²) in [7, 11) is -3.73. The van der Waals surface area contributed by atoms with Crippen molar-refractivity contribution in [2.75, 3.05) is 26.2 Å². The molecule has 1 fully saturated rings. The quantitative estimate of drug-likeness (QED) is 0.711. The second-order valence-corrected chi connectivity index (χ2v) is 8.22. The number of carbonyl (C=O) groups excluding carboxylic acids is 2. The van der Waals surface area contributed by atoms with Gasteiger partial charge in [0, 0.05) is 33.1 Å². The molecule has 1 aromatic carbocycles. The number of rotatable bonds is 6. The van der Waals surface area contributed by atoms with Crippen LogP contribution in [0.1, 0.15) is 19.8 Å². The minimum absolute atomic E-state index is 0.0587. The Bertz CT molecular complexity index is 739. The summed E-state index contributed by atoms with van der Waals surface area (Å²) in [6.07, 6.45) is 1.23. The van der Waals surface area contributed by atoms with Gasteiger partial charge in [0.05, 0.1) is 10.9 Å². The van der Waals surface area contributed by atoms with Crippen LogP contribution in [-0.2, 0) is 19.6 Å². The van der Waals surface area contributed by atoms with Crippen LogP contribution >= 0.6 is 11.6 Å². The van der Waals surface area contributed by atoms with Crippen molar-refractivity contribution >= 4 is 33.4 Å². The number of hydrogen-bond acceptors (Lipinski definition) is 4. The van der Waals surface area contributed by atoms with Crippen LogP contribution in [0.3, 0.4) is 0 Å². The average Bonchev–Trinajstić information content (AvgIpc) is 2.58. The highest BCUT2D eigenvalue weighted by Gasteiger charge is 2.34. The van der Waals surface area contributed by atoms with E-state index in [4.69, 9.17) is 11.6 Å². The predicted octanol–water partition coefficient (Wildman–Crippen LogP) is 0.993. The van der Waals surface area contributed by atoms with Gasteiger partial charge in [-0.2, -0.15) is 4.31 Å². The summed E-state index contributed by atoms with van der Waals surface area (Å²) in [5, 5.41) is 5.49. The van der Waals surface area contributed by atoms with Crippen LogP contribution in [-0.4, -0.2) is 50.7 Å². The Kier molecular flexibility index (Phi) is 6.80. The lowest BCUT2D eigenvalue weighted by molar-refractivity contribution is -0.126. The van der Waals surface area contributed by atoms with E-state index in [9.17, 15) is 18.0 Å². The highest BCUT2D eigenvalue weighted by Crippen LogP contribution is 2.28. The Labute approximate surface area is 152 Å². The van der Waals surface area contributed by atoms with Crippen molar-refractivity contribution in [3.63, 3.8) is 0 Å². The Hall–Kier alpha value is -1.64. The third-order valence-corrected chi connectivity index (χ3v) is 6.37. The number of carbonyl (C=O) groups is 2. The minimum atomic E-state index is -3.73. The SMILES string of the molecule is CC(=O)NCCNC(=O)C1CCCN(S(=O)(=O)c2ccccc2Cl)C1. The molecule has 1 aliphatic rings. The molecule has 0 radical (unpaired) electrons. The van der Waals surface area contributed by atoms with Gasteiger partial charge in [-0.3, -0.25) is 9.59 Å². The molecule has 2 N–H and O–H groups in total. The van der Waals surface area contributed by atoms with Crippen LogP contribution in [0, 0.1) is 5.92 Å². The topological polar surface area (TPSA) is 95.6 Å². The van der Waals surface area contributed by atoms with Crippen molar-refractivity contribution < 1.29 is 18.0 Å². The summed E-state index contributed by atoms with van der Waals surface area (Å²) in [5.74, 6) is -0.781.